The van der Waals surface area contributed by atoms with Gasteiger partial charge in [-0.05, 0) is 55.2 Å². The predicted molar refractivity (Wildman–Crippen MR) is 131 cm³/mol. The SMILES string of the molecule is Cc1ccc([C@H](NC(=O)[C@H]2CCCN(S(=O)(=O)c3ccc(Cl)cc3)C2)c2ccccc2)cc1. The van der Waals surface area contributed by atoms with Crippen LogP contribution in [0.4, 0.5) is 0 Å². The average molecular weight is 483 g/mol. The van der Waals surface area contributed by atoms with E-state index in [2.05, 4.69) is 5.32 Å². The van der Waals surface area contributed by atoms with E-state index in [0.717, 1.165) is 16.7 Å². The Morgan fingerprint density at radius 3 is 2.27 bits per heavy atom. The van der Waals surface area contributed by atoms with Crippen LogP contribution in [0, 0.1) is 12.8 Å². The molecule has 3 aromatic carbocycles. The Balaban J connectivity index is 1.53. The minimum atomic E-state index is -3.69. The number of nitrogens with zero attached hydrogens (tertiary/aromatic N) is 1. The van der Waals surface area contributed by atoms with Crippen LogP contribution in [0.3, 0.4) is 0 Å². The number of amides is 1. The van der Waals surface area contributed by atoms with Gasteiger partial charge in [-0.25, -0.2) is 8.42 Å². The minimum absolute atomic E-state index is 0.138. The van der Waals surface area contributed by atoms with Gasteiger partial charge in [0.05, 0.1) is 16.9 Å². The summed E-state index contributed by atoms with van der Waals surface area (Å²) in [5, 5.41) is 3.66. The van der Waals surface area contributed by atoms with Gasteiger partial charge >= 0.3 is 0 Å². The van der Waals surface area contributed by atoms with Gasteiger partial charge in [0.2, 0.25) is 15.9 Å². The highest BCUT2D eigenvalue weighted by atomic mass is 35.5. The fraction of sp³-hybridized carbons (Fsp3) is 0.269. The van der Waals surface area contributed by atoms with E-state index in [4.69, 9.17) is 11.6 Å². The maximum atomic E-state index is 13.3. The standard InChI is InChI=1S/C26H27ClN2O3S/c1-19-9-11-21(12-10-19)25(20-6-3-2-4-7-20)28-26(30)22-8-5-17-29(18-22)33(31,32)24-15-13-23(27)14-16-24/h2-4,6-7,9-16,22,25H,5,8,17-18H2,1H3,(H,28,30)/t22-,25+/m0/s1. The molecule has 0 saturated carbocycles. The average Bonchev–Trinajstić information content (AvgIpc) is 2.84. The third-order valence-corrected chi connectivity index (χ3v) is 8.17. The molecule has 1 fully saturated rings. The van der Waals surface area contributed by atoms with Crippen molar-refractivity contribution in [1.82, 2.24) is 9.62 Å². The number of halogens is 1. The molecule has 0 unspecified atom stereocenters. The zero-order chi connectivity index (χ0) is 23.4. The lowest BCUT2D eigenvalue weighted by atomic mass is 9.94. The van der Waals surface area contributed by atoms with Gasteiger partial charge in [-0.3, -0.25) is 4.79 Å². The highest BCUT2D eigenvalue weighted by Gasteiger charge is 2.34. The van der Waals surface area contributed by atoms with E-state index in [1.807, 2.05) is 61.5 Å². The van der Waals surface area contributed by atoms with E-state index in [9.17, 15) is 13.2 Å². The summed E-state index contributed by atoms with van der Waals surface area (Å²) in [4.78, 5) is 13.5. The first-order valence-electron chi connectivity index (χ1n) is 11.0. The molecule has 1 amide bonds. The van der Waals surface area contributed by atoms with Crippen molar-refractivity contribution in [3.8, 4) is 0 Å². The second kappa shape index (κ2) is 10.1. The van der Waals surface area contributed by atoms with Crippen LogP contribution in [-0.2, 0) is 14.8 Å². The minimum Gasteiger partial charge on any atom is -0.345 e. The van der Waals surface area contributed by atoms with E-state index in [0.29, 0.717) is 24.4 Å². The van der Waals surface area contributed by atoms with Gasteiger partial charge < -0.3 is 5.32 Å². The Morgan fingerprint density at radius 1 is 0.970 bits per heavy atom. The summed E-state index contributed by atoms with van der Waals surface area (Å²) < 4.78 is 27.6. The van der Waals surface area contributed by atoms with Gasteiger partial charge in [-0.2, -0.15) is 4.31 Å². The lowest BCUT2D eigenvalue weighted by Gasteiger charge is -2.32. The number of benzene rings is 3. The van der Waals surface area contributed by atoms with E-state index < -0.39 is 15.9 Å². The molecule has 0 aliphatic carbocycles. The van der Waals surface area contributed by atoms with Crippen molar-refractivity contribution in [2.75, 3.05) is 13.1 Å². The first-order chi connectivity index (χ1) is 15.8. The first-order valence-corrected chi connectivity index (χ1v) is 12.8. The summed E-state index contributed by atoms with van der Waals surface area (Å²) in [5.74, 6) is -0.557. The fourth-order valence-electron chi connectivity index (χ4n) is 4.15. The van der Waals surface area contributed by atoms with Crippen LogP contribution >= 0.6 is 11.6 Å². The third kappa shape index (κ3) is 5.46. The largest absolute Gasteiger partial charge is 0.345 e. The summed E-state index contributed by atoms with van der Waals surface area (Å²) in [6.45, 7) is 2.58. The van der Waals surface area contributed by atoms with Crippen molar-refractivity contribution in [1.29, 1.82) is 0 Å². The Labute approximate surface area is 200 Å². The van der Waals surface area contributed by atoms with E-state index in [1.54, 1.807) is 12.1 Å². The number of hydrogen-bond donors (Lipinski definition) is 1. The Hall–Kier alpha value is -2.67. The van der Waals surface area contributed by atoms with Crippen molar-refractivity contribution in [3.05, 3.63) is 101 Å². The second-order valence-electron chi connectivity index (χ2n) is 8.42. The van der Waals surface area contributed by atoms with Gasteiger partial charge in [0.25, 0.3) is 0 Å². The highest BCUT2D eigenvalue weighted by Crippen LogP contribution is 2.27. The van der Waals surface area contributed by atoms with Crippen LogP contribution in [0.25, 0.3) is 0 Å². The molecule has 1 aliphatic heterocycles. The molecule has 1 aliphatic rings. The number of nitrogens with one attached hydrogen (secondary N) is 1. The van der Waals surface area contributed by atoms with Crippen molar-refractivity contribution >= 4 is 27.5 Å². The number of sulfonamides is 1. The van der Waals surface area contributed by atoms with Gasteiger partial charge in [0.15, 0.2) is 0 Å². The molecule has 2 atom stereocenters. The number of aryl methyl sites for hydroxylation is 1. The van der Waals surface area contributed by atoms with Crippen LogP contribution in [0.2, 0.25) is 5.02 Å². The number of piperidine rings is 1. The topological polar surface area (TPSA) is 66.5 Å². The summed E-state index contributed by atoms with van der Waals surface area (Å²) in [6.07, 6.45) is 1.28. The molecule has 33 heavy (non-hydrogen) atoms. The molecule has 0 bridgehead atoms. The van der Waals surface area contributed by atoms with Crippen LogP contribution in [0.15, 0.2) is 83.8 Å². The number of hydrogen-bond acceptors (Lipinski definition) is 3. The predicted octanol–water partition coefficient (Wildman–Crippen LogP) is 4.95. The van der Waals surface area contributed by atoms with Crippen LogP contribution < -0.4 is 5.32 Å². The second-order valence-corrected chi connectivity index (χ2v) is 10.8. The number of carbonyl (C=O) groups is 1. The zero-order valence-corrected chi connectivity index (χ0v) is 20.0. The molecular weight excluding hydrogens is 456 g/mol. The molecule has 0 spiro atoms. The van der Waals surface area contributed by atoms with E-state index >= 15 is 0 Å². The Bertz CT molecular complexity index is 1200. The molecule has 7 heteroatoms. The Kier molecular flexibility index (Phi) is 7.17. The van der Waals surface area contributed by atoms with Gasteiger partial charge in [-0.15, -0.1) is 0 Å². The van der Waals surface area contributed by atoms with Crippen LogP contribution in [0.1, 0.15) is 35.6 Å². The molecule has 0 aromatic heterocycles. The van der Waals surface area contributed by atoms with E-state index in [1.165, 1.54) is 16.4 Å². The van der Waals surface area contributed by atoms with Crippen molar-refractivity contribution < 1.29 is 13.2 Å². The molecule has 5 nitrogen and oxygen atoms in total. The molecular formula is C26H27ClN2O3S. The zero-order valence-electron chi connectivity index (χ0n) is 18.4. The molecule has 1 saturated heterocycles. The van der Waals surface area contributed by atoms with Crippen LogP contribution in [0.5, 0.6) is 0 Å². The summed E-state index contributed by atoms with van der Waals surface area (Å²) in [5.41, 5.74) is 3.12. The molecule has 3 aromatic rings. The summed E-state index contributed by atoms with van der Waals surface area (Å²) in [7, 11) is -3.69. The maximum absolute atomic E-state index is 13.3. The molecule has 0 radical (unpaired) electrons. The molecule has 1 N–H and O–H groups in total. The van der Waals surface area contributed by atoms with Crippen molar-refractivity contribution in [3.63, 3.8) is 0 Å². The smallest absolute Gasteiger partial charge is 0.243 e. The monoisotopic (exact) mass is 482 g/mol. The lowest BCUT2D eigenvalue weighted by molar-refractivity contribution is -0.126. The maximum Gasteiger partial charge on any atom is 0.243 e. The Morgan fingerprint density at radius 2 is 1.61 bits per heavy atom. The third-order valence-electron chi connectivity index (χ3n) is 6.04. The molecule has 172 valence electrons. The lowest BCUT2D eigenvalue weighted by Crippen LogP contribution is -2.46. The summed E-state index contributed by atoms with van der Waals surface area (Å²) in [6, 6.07) is 23.7. The van der Waals surface area contributed by atoms with Crippen molar-refractivity contribution in [2.45, 2.75) is 30.7 Å². The fourth-order valence-corrected chi connectivity index (χ4v) is 5.80. The quantitative estimate of drug-likeness (QED) is 0.540. The summed E-state index contributed by atoms with van der Waals surface area (Å²) >= 11 is 5.91. The van der Waals surface area contributed by atoms with Crippen molar-refractivity contribution in [2.24, 2.45) is 5.92 Å². The van der Waals surface area contributed by atoms with Gasteiger partial charge in [0, 0.05) is 18.1 Å². The van der Waals surface area contributed by atoms with Gasteiger partial charge in [-0.1, -0.05) is 71.8 Å². The van der Waals surface area contributed by atoms with Gasteiger partial charge in [0.1, 0.15) is 0 Å². The first kappa shape index (κ1) is 23.5. The van der Waals surface area contributed by atoms with E-state index in [-0.39, 0.29) is 23.4 Å². The van der Waals surface area contributed by atoms with Crippen LogP contribution in [-0.4, -0.2) is 31.7 Å². The number of rotatable bonds is 6. The number of carbonyl (C=O) groups excluding carboxylic acids is 1. The molecule has 1 heterocycles. The highest BCUT2D eigenvalue weighted by molar-refractivity contribution is 7.89. The normalized spacial score (nSPS) is 17.9. The molecule has 4 rings (SSSR count).